The molecule has 186 valence electrons. The number of nitro groups is 1. The molecule has 4 rings (SSSR count). The van der Waals surface area contributed by atoms with Gasteiger partial charge in [-0.05, 0) is 70.5 Å². The Morgan fingerprint density at radius 3 is 2.22 bits per heavy atom. The summed E-state index contributed by atoms with van der Waals surface area (Å²) in [7, 11) is 0. The molecule has 3 aromatic rings. The zero-order chi connectivity index (χ0) is 26.9. The van der Waals surface area contributed by atoms with E-state index in [2.05, 4.69) is 53.1 Å². The first kappa shape index (κ1) is 26.4. The van der Waals surface area contributed by atoms with Gasteiger partial charge < -0.3 is 4.74 Å². The summed E-state index contributed by atoms with van der Waals surface area (Å²) in [4.78, 5) is 62.1. The maximum absolute atomic E-state index is 13.2. The number of hydrogen-bond acceptors (Lipinski definition) is 7. The summed E-state index contributed by atoms with van der Waals surface area (Å²) in [6.45, 7) is 0. The molecule has 0 spiro atoms. The van der Waals surface area contributed by atoms with Gasteiger partial charge in [0.25, 0.3) is 17.5 Å². The summed E-state index contributed by atoms with van der Waals surface area (Å²) in [5.41, 5.74) is -0.124. The maximum Gasteiger partial charge on any atom is 0.343 e. The molecule has 0 aliphatic carbocycles. The van der Waals surface area contributed by atoms with Gasteiger partial charge in [-0.25, -0.2) is 14.5 Å². The van der Waals surface area contributed by atoms with E-state index in [-0.39, 0.29) is 33.8 Å². The van der Waals surface area contributed by atoms with Crippen LogP contribution in [0.1, 0.15) is 15.9 Å². The van der Waals surface area contributed by atoms with Crippen molar-refractivity contribution in [3.05, 3.63) is 101 Å². The van der Waals surface area contributed by atoms with Crippen molar-refractivity contribution in [1.82, 2.24) is 5.32 Å². The lowest BCUT2D eigenvalue weighted by molar-refractivity contribution is -0.384. The Hall–Kier alpha value is -3.68. The molecule has 0 bridgehead atoms. The van der Waals surface area contributed by atoms with Crippen LogP contribution in [-0.2, 0) is 9.59 Å². The number of anilines is 1. The molecule has 0 radical (unpaired) electrons. The topological polar surface area (TPSA) is 136 Å². The van der Waals surface area contributed by atoms with Crippen LogP contribution in [0, 0.1) is 10.1 Å². The first-order valence-corrected chi connectivity index (χ1v) is 12.6. The number of urea groups is 1. The highest BCUT2D eigenvalue weighted by Crippen LogP contribution is 2.36. The standard InChI is InChI=1S/C24H12Br3N3O7/c25-14-3-7-16(8-4-14)29-22(32)18(21(31)28-24(29)34)10-13-9-15(26)11-19(27)20(13)37-23(33)12-1-5-17(6-2-12)30(35)36/h1-11H,(H,28,31,34)/b18-10-. The first-order chi connectivity index (χ1) is 17.5. The molecule has 10 nitrogen and oxygen atoms in total. The van der Waals surface area contributed by atoms with E-state index in [1.165, 1.54) is 36.4 Å². The summed E-state index contributed by atoms with van der Waals surface area (Å²) in [6, 6.07) is 13.3. The lowest BCUT2D eigenvalue weighted by Gasteiger charge is -2.26. The van der Waals surface area contributed by atoms with Crippen LogP contribution in [0.4, 0.5) is 16.2 Å². The fourth-order valence-corrected chi connectivity index (χ4v) is 4.91. The Bertz CT molecular complexity index is 1500. The van der Waals surface area contributed by atoms with E-state index in [1.807, 2.05) is 0 Å². The third-order valence-corrected chi connectivity index (χ3v) is 6.61. The second kappa shape index (κ2) is 10.7. The molecule has 13 heteroatoms. The van der Waals surface area contributed by atoms with Gasteiger partial charge in [0.15, 0.2) is 5.75 Å². The van der Waals surface area contributed by atoms with Gasteiger partial charge in [-0.15, -0.1) is 0 Å². The molecule has 37 heavy (non-hydrogen) atoms. The van der Waals surface area contributed by atoms with E-state index in [0.717, 1.165) is 21.5 Å². The van der Waals surface area contributed by atoms with Gasteiger partial charge in [0.2, 0.25) is 0 Å². The van der Waals surface area contributed by atoms with Crippen LogP contribution in [0.15, 0.2) is 79.7 Å². The molecule has 0 atom stereocenters. The minimum absolute atomic E-state index is 0.0215. The molecule has 0 saturated carbocycles. The third-order valence-electron chi connectivity index (χ3n) is 5.03. The fraction of sp³-hybridized carbons (Fsp3) is 0. The second-order valence-electron chi connectivity index (χ2n) is 7.43. The van der Waals surface area contributed by atoms with Crippen LogP contribution < -0.4 is 15.0 Å². The number of benzene rings is 3. The Kier molecular flexibility index (Phi) is 7.66. The summed E-state index contributed by atoms with van der Waals surface area (Å²) < 4.78 is 7.10. The third kappa shape index (κ3) is 5.68. The molecule has 4 amide bonds. The van der Waals surface area contributed by atoms with Crippen molar-refractivity contribution in [1.29, 1.82) is 0 Å². The highest BCUT2D eigenvalue weighted by atomic mass is 79.9. The average Bonchev–Trinajstić information content (AvgIpc) is 2.84. The number of carbonyl (C=O) groups is 4. The van der Waals surface area contributed by atoms with Crippen molar-refractivity contribution in [2.45, 2.75) is 0 Å². The largest absolute Gasteiger partial charge is 0.421 e. The average molecular weight is 694 g/mol. The summed E-state index contributed by atoms with van der Waals surface area (Å²) in [5, 5.41) is 13.0. The van der Waals surface area contributed by atoms with Crippen molar-refractivity contribution in [3.63, 3.8) is 0 Å². The molecule has 1 aliphatic rings. The number of nitrogens with one attached hydrogen (secondary N) is 1. The van der Waals surface area contributed by atoms with Gasteiger partial charge in [-0.1, -0.05) is 31.9 Å². The molecule has 1 saturated heterocycles. The Balaban J connectivity index is 1.72. The van der Waals surface area contributed by atoms with E-state index >= 15 is 0 Å². The molecular weight excluding hydrogens is 682 g/mol. The first-order valence-electron chi connectivity index (χ1n) is 10.2. The maximum atomic E-state index is 13.2. The zero-order valence-corrected chi connectivity index (χ0v) is 23.0. The van der Waals surface area contributed by atoms with Crippen molar-refractivity contribution >= 4 is 89.1 Å². The van der Waals surface area contributed by atoms with E-state index < -0.39 is 28.7 Å². The van der Waals surface area contributed by atoms with Gasteiger partial charge in [0.1, 0.15) is 5.57 Å². The van der Waals surface area contributed by atoms with E-state index in [9.17, 15) is 29.3 Å². The van der Waals surface area contributed by atoms with Gasteiger partial charge in [-0.3, -0.25) is 25.0 Å². The van der Waals surface area contributed by atoms with Gasteiger partial charge in [0, 0.05) is 26.6 Å². The number of barbiturate groups is 1. The quantitative estimate of drug-likeness (QED) is 0.0896. The molecule has 0 unspecified atom stereocenters. The number of halogens is 3. The van der Waals surface area contributed by atoms with Crippen LogP contribution in [0.5, 0.6) is 5.75 Å². The number of ether oxygens (including phenoxy) is 1. The fourth-order valence-electron chi connectivity index (χ4n) is 3.30. The molecule has 1 aliphatic heterocycles. The predicted octanol–water partition coefficient (Wildman–Crippen LogP) is 5.77. The summed E-state index contributed by atoms with van der Waals surface area (Å²) in [6.07, 6.45) is 1.20. The number of amides is 4. The highest BCUT2D eigenvalue weighted by Gasteiger charge is 2.37. The Morgan fingerprint density at radius 2 is 1.59 bits per heavy atom. The van der Waals surface area contributed by atoms with Crippen LogP contribution in [0.3, 0.4) is 0 Å². The highest BCUT2D eigenvalue weighted by molar-refractivity contribution is 9.11. The lowest BCUT2D eigenvalue weighted by atomic mass is 10.1. The number of rotatable bonds is 5. The van der Waals surface area contributed by atoms with E-state index in [0.29, 0.717) is 8.95 Å². The van der Waals surface area contributed by atoms with Crippen LogP contribution in [0.2, 0.25) is 0 Å². The summed E-state index contributed by atoms with van der Waals surface area (Å²) in [5.74, 6) is -2.65. The van der Waals surface area contributed by atoms with Crippen LogP contribution in [0.25, 0.3) is 6.08 Å². The van der Waals surface area contributed by atoms with Gasteiger partial charge in [-0.2, -0.15) is 0 Å². The van der Waals surface area contributed by atoms with Gasteiger partial charge >= 0.3 is 12.0 Å². The minimum atomic E-state index is -0.924. The van der Waals surface area contributed by atoms with Gasteiger partial charge in [0.05, 0.1) is 20.6 Å². The number of nitro benzene ring substituents is 1. The van der Waals surface area contributed by atoms with Crippen molar-refractivity contribution in [2.75, 3.05) is 4.90 Å². The number of non-ortho nitro benzene ring substituents is 1. The Labute approximate surface area is 233 Å². The van der Waals surface area contributed by atoms with E-state index in [1.54, 1.807) is 18.2 Å². The number of carbonyl (C=O) groups excluding carboxylic acids is 4. The number of nitrogens with zero attached hydrogens (tertiary/aromatic N) is 2. The molecular formula is C24H12Br3N3O7. The molecule has 3 aromatic carbocycles. The van der Waals surface area contributed by atoms with Crippen LogP contribution >= 0.6 is 47.8 Å². The molecule has 1 heterocycles. The predicted molar refractivity (Wildman–Crippen MR) is 143 cm³/mol. The monoisotopic (exact) mass is 691 g/mol. The normalized spacial score (nSPS) is 14.5. The van der Waals surface area contributed by atoms with Crippen molar-refractivity contribution in [2.24, 2.45) is 0 Å². The van der Waals surface area contributed by atoms with E-state index in [4.69, 9.17) is 4.74 Å². The number of hydrogen-bond donors (Lipinski definition) is 1. The molecule has 1 fully saturated rings. The van der Waals surface area contributed by atoms with Crippen molar-refractivity contribution in [3.8, 4) is 5.75 Å². The lowest BCUT2D eigenvalue weighted by Crippen LogP contribution is -2.54. The molecule has 0 aromatic heterocycles. The summed E-state index contributed by atoms with van der Waals surface area (Å²) >= 11 is 9.91. The van der Waals surface area contributed by atoms with Crippen molar-refractivity contribution < 1.29 is 28.8 Å². The number of esters is 1. The number of imide groups is 2. The van der Waals surface area contributed by atoms with Crippen LogP contribution in [-0.4, -0.2) is 28.7 Å². The Morgan fingerprint density at radius 1 is 0.946 bits per heavy atom. The minimum Gasteiger partial charge on any atom is -0.421 e. The SMILES string of the molecule is O=C1NC(=O)N(c2ccc(Br)cc2)C(=O)/C1=C\c1cc(Br)cc(Br)c1OC(=O)c1ccc([N+](=O)[O-])cc1. The smallest absolute Gasteiger partial charge is 0.343 e. The molecule has 1 N–H and O–H groups in total. The zero-order valence-electron chi connectivity index (χ0n) is 18.2. The second-order valence-corrected chi connectivity index (χ2v) is 10.1.